The molecular weight excluding hydrogens is 614 g/mol. The molecule has 1 N–H and O–H groups in total. The van der Waals surface area contributed by atoms with Gasteiger partial charge in [0.1, 0.15) is 49.8 Å². The lowest BCUT2D eigenvalue weighted by atomic mass is 10.1. The number of aliphatic hydroxyl groups is 1. The summed E-state index contributed by atoms with van der Waals surface area (Å²) in [5.74, 6) is 3.05. The van der Waals surface area contributed by atoms with Gasteiger partial charge in [-0.05, 0) is 39.9 Å². The molecule has 6 nitrogen and oxygen atoms in total. The lowest BCUT2D eigenvalue weighted by Gasteiger charge is -2.32. The van der Waals surface area contributed by atoms with Gasteiger partial charge in [-0.3, -0.25) is 0 Å². The fraction of sp³-hybridized carbons (Fsp3) is 0.163. The molecule has 49 heavy (non-hydrogen) atoms. The van der Waals surface area contributed by atoms with Crippen molar-refractivity contribution in [3.05, 3.63) is 185 Å². The molecule has 0 spiro atoms. The van der Waals surface area contributed by atoms with Crippen LogP contribution in [0.1, 0.15) is 39.5 Å². The zero-order chi connectivity index (χ0) is 33.3. The van der Waals surface area contributed by atoms with E-state index in [-0.39, 0.29) is 0 Å². The first-order chi connectivity index (χ1) is 24.2. The van der Waals surface area contributed by atoms with Crippen molar-refractivity contribution in [3.8, 4) is 28.7 Å². The minimum absolute atomic E-state index is 0.343. The molecule has 2 atom stereocenters. The van der Waals surface area contributed by atoms with E-state index < -0.39 is 12.2 Å². The van der Waals surface area contributed by atoms with Crippen LogP contribution in [0.15, 0.2) is 152 Å². The smallest absolute Gasteiger partial charge is 0.162 e. The Hall–Kier alpha value is -5.72. The van der Waals surface area contributed by atoms with Gasteiger partial charge in [-0.25, -0.2) is 0 Å². The standard InChI is InChI=1S/C43H38O6/c44-38-26-37-40(47-29-33-17-9-3-10-18-33)24-36(45-27-31-13-5-1-6-14-31)25-41(37)49-43(38)35-21-22-39(46-28-32-15-7-2-8-16-32)42(23-35)48-30-34-19-11-4-12-20-34/h1-25,38,43-44H,26-30H2/t38-,43-/m1/s1/i26+1,43+1. The van der Waals surface area contributed by atoms with Crippen LogP contribution in [0.3, 0.4) is 0 Å². The highest BCUT2D eigenvalue weighted by Crippen LogP contribution is 2.44. The summed E-state index contributed by atoms with van der Waals surface area (Å²) in [4.78, 5) is 0. The lowest BCUT2D eigenvalue weighted by molar-refractivity contribution is 0.0192. The number of hydrogen-bond donors (Lipinski definition) is 1. The minimum Gasteiger partial charge on any atom is -0.489 e. The van der Waals surface area contributed by atoms with E-state index in [4.69, 9.17) is 23.7 Å². The maximum absolute atomic E-state index is 11.5. The van der Waals surface area contributed by atoms with Crippen LogP contribution >= 0.6 is 0 Å². The van der Waals surface area contributed by atoms with Crippen LogP contribution in [0.25, 0.3) is 0 Å². The van der Waals surface area contributed by atoms with Gasteiger partial charge >= 0.3 is 0 Å². The molecule has 7 rings (SSSR count). The second-order valence-corrected chi connectivity index (χ2v) is 12.0. The molecular formula is C43H38O6. The molecule has 6 aromatic rings. The second kappa shape index (κ2) is 15.5. The molecule has 0 radical (unpaired) electrons. The third kappa shape index (κ3) is 8.23. The van der Waals surface area contributed by atoms with Gasteiger partial charge in [0.05, 0.1) is 6.10 Å². The quantitative estimate of drug-likeness (QED) is 0.126. The van der Waals surface area contributed by atoms with Crippen LogP contribution in [0, 0.1) is 0 Å². The number of aliphatic hydroxyl groups excluding tert-OH is 1. The molecule has 0 amide bonds. The van der Waals surface area contributed by atoms with Crippen LogP contribution in [0.4, 0.5) is 0 Å². The molecule has 6 aromatic carbocycles. The van der Waals surface area contributed by atoms with Crippen LogP contribution in [0.5, 0.6) is 28.7 Å². The van der Waals surface area contributed by atoms with Gasteiger partial charge in [0.2, 0.25) is 0 Å². The van der Waals surface area contributed by atoms with E-state index in [1.807, 2.05) is 152 Å². The van der Waals surface area contributed by atoms with E-state index in [2.05, 4.69) is 0 Å². The van der Waals surface area contributed by atoms with Crippen LogP contribution in [0.2, 0.25) is 0 Å². The summed E-state index contributed by atoms with van der Waals surface area (Å²) >= 11 is 0. The summed E-state index contributed by atoms with van der Waals surface area (Å²) in [6.45, 7) is 1.54. The first-order valence-corrected chi connectivity index (χ1v) is 16.5. The summed E-state index contributed by atoms with van der Waals surface area (Å²) in [6, 6.07) is 49.5. The maximum Gasteiger partial charge on any atom is 0.162 e. The Kier molecular flexibility index (Phi) is 10.0. The lowest BCUT2D eigenvalue weighted by Crippen LogP contribution is -2.30. The third-order valence-electron chi connectivity index (χ3n) is 8.41. The molecule has 0 saturated heterocycles. The van der Waals surface area contributed by atoms with Crippen molar-refractivity contribution in [3.63, 3.8) is 0 Å². The van der Waals surface area contributed by atoms with E-state index in [0.717, 1.165) is 33.4 Å². The summed E-state index contributed by atoms with van der Waals surface area (Å²) in [5, 5.41) is 11.5. The predicted molar refractivity (Wildman–Crippen MR) is 189 cm³/mol. The van der Waals surface area contributed by atoms with Crippen LogP contribution < -0.4 is 23.7 Å². The monoisotopic (exact) mass is 652 g/mol. The van der Waals surface area contributed by atoms with E-state index in [9.17, 15) is 5.11 Å². The topological polar surface area (TPSA) is 66.4 Å². The fourth-order valence-corrected chi connectivity index (χ4v) is 5.82. The van der Waals surface area contributed by atoms with Gasteiger partial charge in [-0.2, -0.15) is 0 Å². The average molecular weight is 653 g/mol. The first kappa shape index (κ1) is 31.9. The van der Waals surface area contributed by atoms with Crippen molar-refractivity contribution < 1.29 is 28.8 Å². The Morgan fingerprint density at radius 3 is 1.49 bits per heavy atom. The van der Waals surface area contributed by atoms with Crippen molar-refractivity contribution in [2.75, 3.05) is 0 Å². The molecule has 1 heterocycles. The number of ether oxygens (including phenoxy) is 5. The Labute approximate surface area is 287 Å². The van der Waals surface area contributed by atoms with Crippen LogP contribution in [-0.4, -0.2) is 11.2 Å². The highest BCUT2D eigenvalue weighted by molar-refractivity contribution is 5.53. The van der Waals surface area contributed by atoms with Crippen molar-refractivity contribution in [2.24, 2.45) is 0 Å². The van der Waals surface area contributed by atoms with Gasteiger partial charge in [0.25, 0.3) is 0 Å². The Balaban J connectivity index is 1.16. The number of fused-ring (bicyclic) bond motifs is 1. The Bertz CT molecular complexity index is 1930. The first-order valence-electron chi connectivity index (χ1n) is 16.5. The normalized spacial score (nSPS) is 15.0. The molecule has 0 unspecified atom stereocenters. The Morgan fingerprint density at radius 2 is 0.959 bits per heavy atom. The molecule has 0 fully saturated rings. The number of hydrogen-bond acceptors (Lipinski definition) is 6. The van der Waals surface area contributed by atoms with E-state index in [0.29, 0.717) is 61.6 Å². The average Bonchev–Trinajstić information content (AvgIpc) is 3.16. The molecule has 1 aliphatic rings. The third-order valence-corrected chi connectivity index (χ3v) is 8.41. The van der Waals surface area contributed by atoms with Gasteiger partial charge in [-0.1, -0.05) is 127 Å². The SMILES string of the molecule is O[C@@H]1[13CH2]c2c(OCc3ccccc3)cc(OCc3ccccc3)cc2O[13C@@H]1c1ccc(OCc2ccccc2)c(OCc2ccccc2)c1. The zero-order valence-electron chi connectivity index (χ0n) is 27.1. The number of benzene rings is 6. The van der Waals surface area contributed by atoms with E-state index in [1.54, 1.807) is 0 Å². The molecule has 0 saturated carbocycles. The van der Waals surface area contributed by atoms with Gasteiger partial charge in [0, 0.05) is 24.1 Å². The molecule has 0 aromatic heterocycles. The summed E-state index contributed by atoms with van der Waals surface area (Å²) in [6.07, 6.45) is -1.14. The molecule has 246 valence electrons. The van der Waals surface area contributed by atoms with Crippen molar-refractivity contribution in [1.82, 2.24) is 0 Å². The van der Waals surface area contributed by atoms with Crippen LogP contribution in [-0.2, 0) is 32.8 Å². The highest BCUT2D eigenvalue weighted by atomic mass is 16.6. The highest BCUT2D eigenvalue weighted by Gasteiger charge is 2.33. The second-order valence-electron chi connectivity index (χ2n) is 12.0. The largest absolute Gasteiger partial charge is 0.489 e. The van der Waals surface area contributed by atoms with E-state index in [1.165, 1.54) is 0 Å². The summed E-state index contributed by atoms with van der Waals surface area (Å²) in [7, 11) is 0. The number of rotatable bonds is 13. The van der Waals surface area contributed by atoms with Crippen molar-refractivity contribution in [2.45, 2.75) is 45.1 Å². The van der Waals surface area contributed by atoms with Gasteiger partial charge in [-0.15, -0.1) is 0 Å². The minimum atomic E-state index is -0.833. The predicted octanol–water partition coefficient (Wildman–Crippen LogP) is 9.04. The van der Waals surface area contributed by atoms with E-state index >= 15 is 0 Å². The summed E-state index contributed by atoms with van der Waals surface area (Å²) < 4.78 is 31.7. The van der Waals surface area contributed by atoms with Crippen molar-refractivity contribution >= 4 is 0 Å². The molecule has 0 aliphatic carbocycles. The zero-order valence-corrected chi connectivity index (χ0v) is 27.1. The van der Waals surface area contributed by atoms with Gasteiger partial charge < -0.3 is 28.8 Å². The fourth-order valence-electron chi connectivity index (χ4n) is 5.82. The molecule has 0 bridgehead atoms. The van der Waals surface area contributed by atoms with Gasteiger partial charge in [0.15, 0.2) is 11.5 Å². The molecule has 1 aliphatic heterocycles. The van der Waals surface area contributed by atoms with Crippen molar-refractivity contribution in [1.29, 1.82) is 0 Å². The maximum atomic E-state index is 11.5. The summed E-state index contributed by atoms with van der Waals surface area (Å²) in [5.41, 5.74) is 5.76. The Morgan fingerprint density at radius 1 is 0.490 bits per heavy atom. The molecule has 6 heteroatoms.